The van der Waals surface area contributed by atoms with Gasteiger partial charge in [0.05, 0.1) is 7.11 Å². The third-order valence-electron chi connectivity index (χ3n) is 2.20. The van der Waals surface area contributed by atoms with Crippen LogP contribution in [0.15, 0.2) is 24.3 Å². The first kappa shape index (κ1) is 10.8. The summed E-state index contributed by atoms with van der Waals surface area (Å²) in [6.45, 7) is 0. The first-order valence-electron chi connectivity index (χ1n) is 4.93. The SMILES string of the molecule is COc1ccc(CCCCC=O)cc1. The van der Waals surface area contributed by atoms with Crippen LogP contribution < -0.4 is 4.74 Å². The van der Waals surface area contributed by atoms with E-state index in [0.29, 0.717) is 6.42 Å². The summed E-state index contributed by atoms with van der Waals surface area (Å²) >= 11 is 0. The summed E-state index contributed by atoms with van der Waals surface area (Å²) in [6.07, 6.45) is 4.75. The first-order chi connectivity index (χ1) is 6.86. The normalized spacial score (nSPS) is 9.79. The molecule has 14 heavy (non-hydrogen) atoms. The molecule has 1 aromatic rings. The minimum absolute atomic E-state index is 0.677. The minimum atomic E-state index is 0.677. The fraction of sp³-hybridized carbons (Fsp3) is 0.417. The van der Waals surface area contributed by atoms with Crippen LogP contribution in [-0.2, 0) is 11.2 Å². The zero-order valence-electron chi connectivity index (χ0n) is 8.53. The van der Waals surface area contributed by atoms with Crippen LogP contribution in [0.3, 0.4) is 0 Å². The molecule has 0 spiro atoms. The molecule has 1 aromatic carbocycles. The molecule has 0 saturated carbocycles. The van der Waals surface area contributed by atoms with E-state index in [4.69, 9.17) is 4.74 Å². The van der Waals surface area contributed by atoms with Crippen molar-refractivity contribution < 1.29 is 9.53 Å². The van der Waals surface area contributed by atoms with Crippen LogP contribution in [0.1, 0.15) is 24.8 Å². The molecular weight excluding hydrogens is 176 g/mol. The number of unbranched alkanes of at least 4 members (excludes halogenated alkanes) is 2. The average molecular weight is 192 g/mol. The number of hydrogen-bond donors (Lipinski definition) is 0. The van der Waals surface area contributed by atoms with Gasteiger partial charge in [-0.15, -0.1) is 0 Å². The van der Waals surface area contributed by atoms with Gasteiger partial charge in [0.15, 0.2) is 0 Å². The zero-order valence-corrected chi connectivity index (χ0v) is 8.53. The molecule has 0 aliphatic heterocycles. The number of ether oxygens (including phenoxy) is 1. The Labute approximate surface area is 84.9 Å². The first-order valence-corrected chi connectivity index (χ1v) is 4.93. The largest absolute Gasteiger partial charge is 0.497 e. The van der Waals surface area contributed by atoms with Crippen molar-refractivity contribution in [3.63, 3.8) is 0 Å². The van der Waals surface area contributed by atoms with Crippen molar-refractivity contribution in [2.75, 3.05) is 7.11 Å². The standard InChI is InChI=1S/C12H16O2/c1-14-12-8-6-11(7-9-12)5-3-2-4-10-13/h6-10H,2-5H2,1H3. The monoisotopic (exact) mass is 192 g/mol. The highest BCUT2D eigenvalue weighted by Crippen LogP contribution is 2.13. The smallest absolute Gasteiger partial charge is 0.119 e. The average Bonchev–Trinajstić information content (AvgIpc) is 2.25. The quantitative estimate of drug-likeness (QED) is 0.511. The van der Waals surface area contributed by atoms with Crippen LogP contribution in [0.25, 0.3) is 0 Å². The zero-order chi connectivity index (χ0) is 10.2. The molecule has 0 unspecified atom stereocenters. The number of methoxy groups -OCH3 is 1. The second-order valence-corrected chi connectivity index (χ2v) is 3.26. The molecule has 0 aliphatic rings. The maximum Gasteiger partial charge on any atom is 0.119 e. The van der Waals surface area contributed by atoms with Gasteiger partial charge in [-0.3, -0.25) is 0 Å². The number of rotatable bonds is 6. The van der Waals surface area contributed by atoms with Gasteiger partial charge >= 0.3 is 0 Å². The van der Waals surface area contributed by atoms with Gasteiger partial charge < -0.3 is 9.53 Å². The molecule has 0 atom stereocenters. The van der Waals surface area contributed by atoms with Crippen LogP contribution in [0.2, 0.25) is 0 Å². The minimum Gasteiger partial charge on any atom is -0.497 e. The van der Waals surface area contributed by atoms with E-state index in [1.165, 1.54) is 5.56 Å². The molecule has 76 valence electrons. The lowest BCUT2D eigenvalue weighted by atomic mass is 10.1. The van der Waals surface area contributed by atoms with E-state index in [0.717, 1.165) is 31.3 Å². The fourth-order valence-corrected chi connectivity index (χ4v) is 1.35. The summed E-state index contributed by atoms with van der Waals surface area (Å²) in [5, 5.41) is 0. The number of aryl methyl sites for hydroxylation is 1. The third-order valence-corrected chi connectivity index (χ3v) is 2.20. The topological polar surface area (TPSA) is 26.3 Å². The molecule has 1 rings (SSSR count). The summed E-state index contributed by atoms with van der Waals surface area (Å²) in [5.41, 5.74) is 1.30. The molecule has 0 fully saturated rings. The summed E-state index contributed by atoms with van der Waals surface area (Å²) < 4.78 is 5.07. The Morgan fingerprint density at radius 1 is 1.21 bits per heavy atom. The maximum atomic E-state index is 10.1. The number of aldehydes is 1. The number of hydrogen-bond acceptors (Lipinski definition) is 2. The van der Waals surface area contributed by atoms with Crippen molar-refractivity contribution >= 4 is 6.29 Å². The second kappa shape index (κ2) is 6.19. The predicted molar refractivity (Wildman–Crippen MR) is 56.6 cm³/mol. The lowest BCUT2D eigenvalue weighted by molar-refractivity contribution is -0.107. The van der Waals surface area contributed by atoms with Gasteiger partial charge in [-0.05, 0) is 37.0 Å². The highest BCUT2D eigenvalue weighted by Gasteiger charge is 1.94. The summed E-state index contributed by atoms with van der Waals surface area (Å²) in [4.78, 5) is 10.1. The van der Waals surface area contributed by atoms with Gasteiger partial charge in [-0.1, -0.05) is 12.1 Å². The van der Waals surface area contributed by atoms with Crippen molar-refractivity contribution in [2.45, 2.75) is 25.7 Å². The van der Waals surface area contributed by atoms with Crippen molar-refractivity contribution in [1.29, 1.82) is 0 Å². The van der Waals surface area contributed by atoms with Gasteiger partial charge in [0, 0.05) is 6.42 Å². The van der Waals surface area contributed by atoms with E-state index < -0.39 is 0 Å². The van der Waals surface area contributed by atoms with Crippen molar-refractivity contribution in [3.05, 3.63) is 29.8 Å². The summed E-state index contributed by atoms with van der Waals surface area (Å²) in [6, 6.07) is 8.07. The van der Waals surface area contributed by atoms with Crippen LogP contribution in [0.4, 0.5) is 0 Å². The van der Waals surface area contributed by atoms with Crippen molar-refractivity contribution in [2.24, 2.45) is 0 Å². The van der Waals surface area contributed by atoms with E-state index in [2.05, 4.69) is 12.1 Å². The van der Waals surface area contributed by atoms with Crippen LogP contribution in [0, 0.1) is 0 Å². The Hall–Kier alpha value is -1.31. The van der Waals surface area contributed by atoms with Crippen molar-refractivity contribution in [1.82, 2.24) is 0 Å². The van der Waals surface area contributed by atoms with E-state index in [-0.39, 0.29) is 0 Å². The molecular formula is C12H16O2. The van der Waals surface area contributed by atoms with Gasteiger partial charge in [-0.2, -0.15) is 0 Å². The fourth-order valence-electron chi connectivity index (χ4n) is 1.35. The number of carbonyl (C=O) groups excluding carboxylic acids is 1. The second-order valence-electron chi connectivity index (χ2n) is 3.26. The Morgan fingerprint density at radius 2 is 1.93 bits per heavy atom. The van der Waals surface area contributed by atoms with Gasteiger partial charge in [0.25, 0.3) is 0 Å². The van der Waals surface area contributed by atoms with Gasteiger partial charge in [-0.25, -0.2) is 0 Å². The van der Waals surface area contributed by atoms with Crippen LogP contribution in [0.5, 0.6) is 5.75 Å². The molecule has 0 heterocycles. The van der Waals surface area contributed by atoms with Crippen molar-refractivity contribution in [3.8, 4) is 5.75 Å². The maximum absolute atomic E-state index is 10.1. The Balaban J connectivity index is 2.32. The van der Waals surface area contributed by atoms with E-state index in [1.807, 2.05) is 12.1 Å². The molecule has 0 bridgehead atoms. The van der Waals surface area contributed by atoms with Gasteiger partial charge in [0.2, 0.25) is 0 Å². The Bertz CT molecular complexity index is 264. The summed E-state index contributed by atoms with van der Waals surface area (Å²) in [5.74, 6) is 0.890. The molecule has 2 heteroatoms. The van der Waals surface area contributed by atoms with Gasteiger partial charge in [0.1, 0.15) is 12.0 Å². The third kappa shape index (κ3) is 3.60. The van der Waals surface area contributed by atoms with E-state index in [1.54, 1.807) is 7.11 Å². The lowest BCUT2D eigenvalue weighted by Gasteiger charge is -2.02. The molecule has 0 aromatic heterocycles. The van der Waals surface area contributed by atoms with Crippen LogP contribution in [-0.4, -0.2) is 13.4 Å². The Morgan fingerprint density at radius 3 is 2.50 bits per heavy atom. The predicted octanol–water partition coefficient (Wildman–Crippen LogP) is 2.61. The highest BCUT2D eigenvalue weighted by molar-refractivity contribution is 5.48. The molecule has 0 amide bonds. The Kier molecular flexibility index (Phi) is 4.76. The molecule has 0 aliphatic carbocycles. The number of carbonyl (C=O) groups is 1. The molecule has 2 nitrogen and oxygen atoms in total. The number of benzene rings is 1. The molecule has 0 N–H and O–H groups in total. The lowest BCUT2D eigenvalue weighted by Crippen LogP contribution is -1.87. The van der Waals surface area contributed by atoms with Crippen LogP contribution >= 0.6 is 0 Å². The molecule has 0 saturated heterocycles. The van der Waals surface area contributed by atoms with E-state index in [9.17, 15) is 4.79 Å². The molecule has 0 radical (unpaired) electrons. The van der Waals surface area contributed by atoms with E-state index >= 15 is 0 Å². The highest BCUT2D eigenvalue weighted by atomic mass is 16.5. The summed E-state index contributed by atoms with van der Waals surface area (Å²) in [7, 11) is 1.67.